The molecule has 5 aromatic carbocycles. The number of rotatable bonds is 13. The van der Waals surface area contributed by atoms with Gasteiger partial charge in [0.1, 0.15) is 36.6 Å². The van der Waals surface area contributed by atoms with Gasteiger partial charge in [-0.15, -0.1) is 0 Å². The van der Waals surface area contributed by atoms with E-state index < -0.39 is 47.8 Å². The van der Waals surface area contributed by atoms with Gasteiger partial charge < -0.3 is 19.5 Å². The summed E-state index contributed by atoms with van der Waals surface area (Å²) in [6.45, 7) is -0.0386. The molecule has 0 spiro atoms. The van der Waals surface area contributed by atoms with E-state index in [0.717, 1.165) is 10.5 Å². The van der Waals surface area contributed by atoms with Gasteiger partial charge in [0, 0.05) is 17.7 Å². The van der Waals surface area contributed by atoms with E-state index in [1.165, 1.54) is 60.7 Å². The molecule has 0 unspecified atom stereocenters. The lowest BCUT2D eigenvalue weighted by Gasteiger charge is -2.32. The van der Waals surface area contributed by atoms with Crippen molar-refractivity contribution in [2.75, 3.05) is 11.9 Å². The second-order valence-electron chi connectivity index (χ2n) is 12.1. The van der Waals surface area contributed by atoms with E-state index in [4.69, 9.17) is 14.2 Å². The standard InChI is InChI=1S/C41H34F2N2O7/c42-31-15-11-29(12-16-31)37(46)24-23-35(39(47)45-36(26-50-40(45)48)28-9-5-2-6-10-28)38(44-33-19-17-32(43)18-20-33)30-13-21-34(22-14-30)52-41(49)51-25-27-7-3-1-4-8-27/h1-22,35-36,38,44H,23-26H2/t35-,36-,38-/m1/s1. The summed E-state index contributed by atoms with van der Waals surface area (Å²) in [7, 11) is 0. The lowest BCUT2D eigenvalue weighted by atomic mass is 9.86. The first-order chi connectivity index (χ1) is 25.2. The van der Waals surface area contributed by atoms with Gasteiger partial charge in [-0.05, 0) is 83.8 Å². The van der Waals surface area contributed by atoms with E-state index in [9.17, 15) is 28.0 Å². The van der Waals surface area contributed by atoms with Crippen molar-refractivity contribution < 1.29 is 42.2 Å². The number of imide groups is 1. The van der Waals surface area contributed by atoms with E-state index >= 15 is 0 Å². The first kappa shape index (κ1) is 35.5. The van der Waals surface area contributed by atoms with Crippen LogP contribution < -0.4 is 10.1 Å². The maximum absolute atomic E-state index is 14.7. The Kier molecular flexibility index (Phi) is 11.3. The van der Waals surface area contributed by atoms with Gasteiger partial charge >= 0.3 is 12.2 Å². The van der Waals surface area contributed by atoms with Gasteiger partial charge in [-0.2, -0.15) is 0 Å². The molecule has 1 N–H and O–H groups in total. The van der Waals surface area contributed by atoms with Crippen LogP contribution in [0.5, 0.6) is 5.75 Å². The molecule has 2 amide bonds. The second kappa shape index (κ2) is 16.6. The number of anilines is 1. The van der Waals surface area contributed by atoms with Gasteiger partial charge in [0.2, 0.25) is 5.91 Å². The van der Waals surface area contributed by atoms with Gasteiger partial charge in [0.15, 0.2) is 5.78 Å². The van der Waals surface area contributed by atoms with E-state index in [2.05, 4.69) is 5.32 Å². The molecule has 0 bridgehead atoms. The Morgan fingerprint density at radius 2 is 1.40 bits per heavy atom. The highest BCUT2D eigenvalue weighted by Crippen LogP contribution is 2.37. The fourth-order valence-corrected chi connectivity index (χ4v) is 5.99. The topological polar surface area (TPSA) is 111 Å². The SMILES string of the molecule is O=C(OCc1ccccc1)Oc1ccc([C@@H](Nc2ccc(F)cc2)[C@@H](CCC(=O)c2ccc(F)cc2)C(=O)N2C(=O)OC[C@@H]2c2ccccc2)cc1. The zero-order chi connectivity index (χ0) is 36.5. The summed E-state index contributed by atoms with van der Waals surface area (Å²) >= 11 is 0. The molecule has 6 rings (SSSR count). The Morgan fingerprint density at radius 3 is 2.06 bits per heavy atom. The maximum atomic E-state index is 14.7. The quantitative estimate of drug-likeness (QED) is 0.0736. The molecule has 0 aliphatic carbocycles. The van der Waals surface area contributed by atoms with Gasteiger partial charge in [-0.25, -0.2) is 23.3 Å². The third kappa shape index (κ3) is 8.86. The van der Waals surface area contributed by atoms with Crippen LogP contribution in [-0.4, -0.2) is 35.4 Å². The zero-order valence-electron chi connectivity index (χ0n) is 27.8. The molecule has 52 heavy (non-hydrogen) atoms. The van der Waals surface area contributed by atoms with E-state index in [1.807, 2.05) is 36.4 Å². The van der Waals surface area contributed by atoms with Crippen molar-refractivity contribution in [2.24, 2.45) is 5.92 Å². The number of ether oxygens (including phenoxy) is 3. The number of carbonyl (C=O) groups excluding carboxylic acids is 4. The van der Waals surface area contributed by atoms with Crippen LogP contribution in [0.2, 0.25) is 0 Å². The second-order valence-corrected chi connectivity index (χ2v) is 12.1. The van der Waals surface area contributed by atoms with Crippen LogP contribution in [0, 0.1) is 17.6 Å². The predicted molar refractivity (Wildman–Crippen MR) is 187 cm³/mol. The molecular formula is C41H34F2N2O7. The first-order valence-electron chi connectivity index (χ1n) is 16.6. The summed E-state index contributed by atoms with van der Waals surface area (Å²) in [5.41, 5.74) is 2.73. The van der Waals surface area contributed by atoms with Gasteiger partial charge in [0.25, 0.3) is 0 Å². The number of carbonyl (C=O) groups is 4. The van der Waals surface area contributed by atoms with Crippen LogP contribution in [0.15, 0.2) is 133 Å². The number of ketones is 1. The molecular weight excluding hydrogens is 670 g/mol. The number of benzene rings is 5. The van der Waals surface area contributed by atoms with Crippen molar-refractivity contribution in [2.45, 2.75) is 31.5 Å². The molecule has 0 saturated carbocycles. The molecule has 264 valence electrons. The van der Waals surface area contributed by atoms with E-state index in [1.54, 1.807) is 36.4 Å². The number of halogens is 2. The van der Waals surface area contributed by atoms with Crippen molar-refractivity contribution >= 4 is 29.6 Å². The van der Waals surface area contributed by atoms with Crippen LogP contribution in [0.25, 0.3) is 0 Å². The fourth-order valence-electron chi connectivity index (χ4n) is 5.99. The minimum atomic E-state index is -1.06. The molecule has 1 heterocycles. The Labute approximate surface area is 298 Å². The molecule has 1 aliphatic heterocycles. The lowest BCUT2D eigenvalue weighted by Crippen LogP contribution is -2.42. The van der Waals surface area contributed by atoms with Gasteiger partial charge in [0.05, 0.1) is 12.0 Å². The molecule has 11 heteroatoms. The van der Waals surface area contributed by atoms with Crippen molar-refractivity contribution in [3.8, 4) is 5.75 Å². The normalized spacial score (nSPS) is 14.9. The highest BCUT2D eigenvalue weighted by molar-refractivity contribution is 5.98. The Hall–Kier alpha value is -6.36. The molecule has 9 nitrogen and oxygen atoms in total. The largest absolute Gasteiger partial charge is 0.514 e. The third-order valence-corrected chi connectivity index (χ3v) is 8.67. The molecule has 0 radical (unpaired) electrons. The van der Waals surface area contributed by atoms with Crippen LogP contribution in [-0.2, 0) is 20.9 Å². The van der Waals surface area contributed by atoms with Crippen molar-refractivity contribution in [1.29, 1.82) is 0 Å². The summed E-state index contributed by atoms with van der Waals surface area (Å²) < 4.78 is 43.5. The molecule has 1 aliphatic rings. The summed E-state index contributed by atoms with van der Waals surface area (Å²) in [6.07, 6.45) is -1.91. The molecule has 1 fully saturated rings. The van der Waals surface area contributed by atoms with Crippen molar-refractivity contribution in [1.82, 2.24) is 4.90 Å². The zero-order valence-corrected chi connectivity index (χ0v) is 27.8. The van der Waals surface area contributed by atoms with E-state index in [0.29, 0.717) is 16.8 Å². The Bertz CT molecular complexity index is 1990. The van der Waals surface area contributed by atoms with Gasteiger partial charge in [-0.1, -0.05) is 72.8 Å². The smallest absolute Gasteiger partial charge is 0.446 e. The Balaban J connectivity index is 1.31. The minimum Gasteiger partial charge on any atom is -0.446 e. The van der Waals surface area contributed by atoms with Crippen LogP contribution >= 0.6 is 0 Å². The maximum Gasteiger partial charge on any atom is 0.514 e. The average Bonchev–Trinajstić information content (AvgIpc) is 3.56. The van der Waals surface area contributed by atoms with Crippen LogP contribution in [0.4, 0.5) is 24.1 Å². The average molecular weight is 705 g/mol. The van der Waals surface area contributed by atoms with Crippen LogP contribution in [0.3, 0.4) is 0 Å². The molecule has 5 aromatic rings. The van der Waals surface area contributed by atoms with Crippen molar-refractivity contribution in [3.05, 3.63) is 167 Å². The number of cyclic esters (lactones) is 1. The Morgan fingerprint density at radius 1 is 0.788 bits per heavy atom. The molecule has 3 atom stereocenters. The molecule has 1 saturated heterocycles. The number of hydrogen-bond donors (Lipinski definition) is 1. The van der Waals surface area contributed by atoms with Crippen LogP contribution in [0.1, 0.15) is 52.0 Å². The minimum absolute atomic E-state index is 0.0186. The number of Topliss-reactive ketones (excluding diaryl/α,β-unsaturated/α-hetero) is 1. The number of nitrogens with zero attached hydrogens (tertiary/aromatic N) is 1. The summed E-state index contributed by atoms with van der Waals surface area (Å²) in [5.74, 6) is -2.79. The van der Waals surface area contributed by atoms with E-state index in [-0.39, 0.29) is 43.2 Å². The predicted octanol–water partition coefficient (Wildman–Crippen LogP) is 8.83. The lowest BCUT2D eigenvalue weighted by molar-refractivity contribution is -0.134. The first-order valence-corrected chi connectivity index (χ1v) is 16.6. The fraction of sp³-hybridized carbons (Fsp3) is 0.171. The van der Waals surface area contributed by atoms with Crippen molar-refractivity contribution in [3.63, 3.8) is 0 Å². The summed E-state index contributed by atoms with van der Waals surface area (Å²) in [5, 5.41) is 3.31. The summed E-state index contributed by atoms with van der Waals surface area (Å²) in [6, 6.07) is 33.5. The third-order valence-electron chi connectivity index (χ3n) is 8.67. The monoisotopic (exact) mass is 704 g/mol. The van der Waals surface area contributed by atoms with Gasteiger partial charge in [-0.3, -0.25) is 9.59 Å². The highest BCUT2D eigenvalue weighted by Gasteiger charge is 2.44. The summed E-state index contributed by atoms with van der Waals surface area (Å²) in [4.78, 5) is 54.7. The number of hydrogen-bond acceptors (Lipinski definition) is 8. The number of nitrogens with one attached hydrogen (secondary N) is 1. The highest BCUT2D eigenvalue weighted by atomic mass is 19.1. The molecule has 0 aromatic heterocycles. The number of amides is 2.